The molecule has 23 heavy (non-hydrogen) atoms. The number of carbonyl (C=O) groups excluding carboxylic acids is 1. The Balaban J connectivity index is 5.54. The highest BCUT2D eigenvalue weighted by Crippen LogP contribution is 2.47. The molecule has 0 heterocycles. The number of rotatable bonds is 6. The van der Waals surface area contributed by atoms with E-state index in [1.54, 1.807) is 6.92 Å². The highest BCUT2D eigenvalue weighted by Gasteiger charge is 2.71. The highest BCUT2D eigenvalue weighted by molar-refractivity contribution is 5.76. The number of esters is 1. The monoisotopic (exact) mass is 352 g/mol. The van der Waals surface area contributed by atoms with Crippen LogP contribution in [0.5, 0.6) is 0 Å². The van der Waals surface area contributed by atoms with E-state index in [-0.39, 0.29) is 0 Å². The number of alkyl halides is 6. The van der Waals surface area contributed by atoms with E-state index in [1.807, 2.05) is 0 Å². The van der Waals surface area contributed by atoms with Crippen LogP contribution < -0.4 is 0 Å². The van der Waals surface area contributed by atoms with Crippen molar-refractivity contribution in [2.45, 2.75) is 71.5 Å². The van der Waals surface area contributed by atoms with Gasteiger partial charge in [-0.15, -0.1) is 0 Å². The standard InChI is InChI=1S/C14H22F6O3/c1-6-11(4,5)10(21)23-9(8(2)3)7-12(22,13(15,16)17)14(18,19)20/h8-9,22H,6-7H2,1-5H3. The molecule has 0 saturated carbocycles. The molecule has 0 aliphatic rings. The van der Waals surface area contributed by atoms with Crippen LogP contribution >= 0.6 is 0 Å². The van der Waals surface area contributed by atoms with Crippen molar-refractivity contribution >= 4 is 5.97 Å². The average Bonchev–Trinajstić information content (AvgIpc) is 2.34. The summed E-state index contributed by atoms with van der Waals surface area (Å²) in [5, 5.41) is 9.24. The SMILES string of the molecule is CCC(C)(C)C(=O)OC(CC(O)(C(F)(F)F)C(F)(F)F)C(C)C. The van der Waals surface area contributed by atoms with E-state index >= 15 is 0 Å². The fraction of sp³-hybridized carbons (Fsp3) is 0.929. The van der Waals surface area contributed by atoms with Crippen molar-refractivity contribution in [3.63, 3.8) is 0 Å². The zero-order chi connectivity index (χ0) is 18.9. The van der Waals surface area contributed by atoms with E-state index in [0.29, 0.717) is 6.42 Å². The van der Waals surface area contributed by atoms with Gasteiger partial charge in [-0.1, -0.05) is 20.8 Å². The maximum atomic E-state index is 12.8. The second kappa shape index (κ2) is 6.86. The number of hydrogen-bond donors (Lipinski definition) is 1. The van der Waals surface area contributed by atoms with Gasteiger partial charge < -0.3 is 9.84 Å². The van der Waals surface area contributed by atoms with Crippen molar-refractivity contribution in [1.82, 2.24) is 0 Å². The van der Waals surface area contributed by atoms with Gasteiger partial charge in [0.2, 0.25) is 0 Å². The van der Waals surface area contributed by atoms with Crippen molar-refractivity contribution in [2.75, 3.05) is 0 Å². The average molecular weight is 352 g/mol. The Morgan fingerprint density at radius 3 is 1.70 bits per heavy atom. The molecule has 0 bridgehead atoms. The Kier molecular flexibility index (Phi) is 6.57. The summed E-state index contributed by atoms with van der Waals surface area (Å²) in [6.45, 7) is 7.18. The van der Waals surface area contributed by atoms with Crippen molar-refractivity contribution in [3.8, 4) is 0 Å². The van der Waals surface area contributed by atoms with Crippen LogP contribution in [0, 0.1) is 11.3 Å². The molecule has 9 heteroatoms. The summed E-state index contributed by atoms with van der Waals surface area (Å²) in [4.78, 5) is 11.9. The lowest BCUT2D eigenvalue weighted by molar-refractivity contribution is -0.374. The maximum absolute atomic E-state index is 12.8. The van der Waals surface area contributed by atoms with Crippen LogP contribution in [0.1, 0.15) is 47.5 Å². The van der Waals surface area contributed by atoms with Crippen molar-refractivity contribution in [2.24, 2.45) is 11.3 Å². The number of ether oxygens (including phenoxy) is 1. The summed E-state index contributed by atoms with van der Waals surface area (Å²) in [5.74, 6) is -1.76. The molecule has 0 fully saturated rings. The summed E-state index contributed by atoms with van der Waals surface area (Å²) in [6, 6.07) is 0. The summed E-state index contributed by atoms with van der Waals surface area (Å²) < 4.78 is 81.4. The molecule has 1 unspecified atom stereocenters. The lowest BCUT2D eigenvalue weighted by Gasteiger charge is -2.36. The molecular weight excluding hydrogens is 330 g/mol. The number of carbonyl (C=O) groups is 1. The van der Waals surface area contributed by atoms with E-state index in [4.69, 9.17) is 4.74 Å². The van der Waals surface area contributed by atoms with Gasteiger partial charge in [0.15, 0.2) is 0 Å². The zero-order valence-corrected chi connectivity index (χ0v) is 13.6. The van der Waals surface area contributed by atoms with Gasteiger partial charge in [-0.2, -0.15) is 26.3 Å². The Hall–Kier alpha value is -0.990. The van der Waals surface area contributed by atoms with Crippen LogP contribution in [-0.4, -0.2) is 35.1 Å². The fourth-order valence-electron chi connectivity index (χ4n) is 1.54. The molecule has 0 aromatic rings. The molecule has 0 radical (unpaired) electrons. The molecule has 0 rings (SSSR count). The molecule has 138 valence electrons. The molecule has 0 aromatic heterocycles. The van der Waals surface area contributed by atoms with Crippen LogP contribution in [0.4, 0.5) is 26.3 Å². The summed E-state index contributed by atoms with van der Waals surface area (Å²) in [7, 11) is 0. The largest absolute Gasteiger partial charge is 0.462 e. The van der Waals surface area contributed by atoms with Crippen molar-refractivity contribution < 1.29 is 41.0 Å². The third kappa shape index (κ3) is 4.99. The number of halogens is 6. The lowest BCUT2D eigenvalue weighted by atomic mass is 9.88. The molecule has 0 amide bonds. The molecular formula is C14H22F6O3. The van der Waals surface area contributed by atoms with Crippen molar-refractivity contribution in [3.05, 3.63) is 0 Å². The Bertz CT molecular complexity index is 398. The molecule has 0 saturated heterocycles. The second-order valence-electron chi connectivity index (χ2n) is 6.49. The Morgan fingerprint density at radius 1 is 1.04 bits per heavy atom. The molecule has 3 nitrogen and oxygen atoms in total. The maximum Gasteiger partial charge on any atom is 0.426 e. The predicted octanol–water partition coefficient (Wildman–Crippen LogP) is 4.24. The van der Waals surface area contributed by atoms with E-state index in [2.05, 4.69) is 0 Å². The van der Waals surface area contributed by atoms with E-state index in [1.165, 1.54) is 27.7 Å². The molecule has 0 aromatic carbocycles. The lowest BCUT2D eigenvalue weighted by Crippen LogP contribution is -2.59. The summed E-state index contributed by atoms with van der Waals surface area (Å²) in [6.07, 6.45) is -15.1. The molecule has 1 atom stereocenters. The molecule has 0 aliphatic carbocycles. The number of hydrogen-bond acceptors (Lipinski definition) is 3. The van der Waals surface area contributed by atoms with Crippen LogP contribution in [0.15, 0.2) is 0 Å². The first kappa shape index (κ1) is 22.0. The van der Waals surface area contributed by atoms with Crippen LogP contribution in [0.2, 0.25) is 0 Å². The molecule has 1 N–H and O–H groups in total. The molecule has 0 aliphatic heterocycles. The Morgan fingerprint density at radius 2 is 1.43 bits per heavy atom. The minimum absolute atomic E-state index is 0.291. The minimum atomic E-state index is -5.94. The van der Waals surface area contributed by atoms with Gasteiger partial charge >= 0.3 is 18.3 Å². The quantitative estimate of drug-likeness (QED) is 0.575. The van der Waals surface area contributed by atoms with Gasteiger partial charge in [0.1, 0.15) is 6.10 Å². The van der Waals surface area contributed by atoms with E-state index < -0.39 is 47.8 Å². The summed E-state index contributed by atoms with van der Waals surface area (Å²) >= 11 is 0. The zero-order valence-electron chi connectivity index (χ0n) is 13.6. The summed E-state index contributed by atoms with van der Waals surface area (Å²) in [5.41, 5.74) is -5.99. The van der Waals surface area contributed by atoms with Gasteiger partial charge in [-0.25, -0.2) is 0 Å². The van der Waals surface area contributed by atoms with Gasteiger partial charge in [0.05, 0.1) is 5.41 Å². The van der Waals surface area contributed by atoms with Crippen LogP contribution in [0.25, 0.3) is 0 Å². The second-order valence-corrected chi connectivity index (χ2v) is 6.49. The van der Waals surface area contributed by atoms with Crippen LogP contribution in [0.3, 0.4) is 0 Å². The first-order valence-corrected chi connectivity index (χ1v) is 7.06. The van der Waals surface area contributed by atoms with Crippen molar-refractivity contribution in [1.29, 1.82) is 0 Å². The Labute approximate surface area is 131 Å². The third-order valence-corrected chi connectivity index (χ3v) is 3.87. The normalized spacial score (nSPS) is 15.7. The fourth-order valence-corrected chi connectivity index (χ4v) is 1.54. The predicted molar refractivity (Wildman–Crippen MR) is 70.5 cm³/mol. The van der Waals surface area contributed by atoms with E-state index in [9.17, 15) is 36.2 Å². The van der Waals surface area contributed by atoms with Gasteiger partial charge in [0.25, 0.3) is 5.60 Å². The molecule has 0 spiro atoms. The topological polar surface area (TPSA) is 46.5 Å². The van der Waals surface area contributed by atoms with Gasteiger partial charge in [-0.3, -0.25) is 4.79 Å². The highest BCUT2D eigenvalue weighted by atomic mass is 19.4. The number of aliphatic hydroxyl groups is 1. The van der Waals surface area contributed by atoms with E-state index in [0.717, 1.165) is 0 Å². The first-order chi connectivity index (χ1) is 9.99. The minimum Gasteiger partial charge on any atom is -0.462 e. The van der Waals surface area contributed by atoms with Gasteiger partial charge in [0, 0.05) is 6.42 Å². The van der Waals surface area contributed by atoms with Gasteiger partial charge in [-0.05, 0) is 26.2 Å². The first-order valence-electron chi connectivity index (χ1n) is 7.06. The van der Waals surface area contributed by atoms with Crippen LogP contribution in [-0.2, 0) is 9.53 Å². The smallest absolute Gasteiger partial charge is 0.426 e. The third-order valence-electron chi connectivity index (χ3n) is 3.87.